The highest BCUT2D eigenvalue weighted by Gasteiger charge is 2.30. The number of nitrogens with one attached hydrogen (secondary N) is 2. The third-order valence-corrected chi connectivity index (χ3v) is 4.21. The molecule has 3 heterocycles. The first-order valence-corrected chi connectivity index (χ1v) is 8.25. The number of aromatic nitrogens is 5. The van der Waals surface area contributed by atoms with Gasteiger partial charge in [0.15, 0.2) is 5.78 Å². The number of aryl methyl sites for hydroxylation is 2. The maximum atomic E-state index is 12.6. The van der Waals surface area contributed by atoms with Gasteiger partial charge in [-0.3, -0.25) is 19.7 Å². The van der Waals surface area contributed by atoms with E-state index in [9.17, 15) is 9.59 Å². The number of aromatic amines is 1. The maximum Gasteiger partial charge on any atom is 0.255 e. The van der Waals surface area contributed by atoms with Gasteiger partial charge in [0.1, 0.15) is 23.0 Å². The van der Waals surface area contributed by atoms with Crippen molar-refractivity contribution in [3.63, 3.8) is 0 Å². The van der Waals surface area contributed by atoms with Gasteiger partial charge in [-0.15, -0.1) is 0 Å². The van der Waals surface area contributed by atoms with E-state index in [0.29, 0.717) is 52.8 Å². The first-order valence-electron chi connectivity index (χ1n) is 8.25. The van der Waals surface area contributed by atoms with Crippen molar-refractivity contribution in [3.05, 3.63) is 47.1 Å². The van der Waals surface area contributed by atoms with Crippen LogP contribution in [0.4, 0.5) is 0 Å². The van der Waals surface area contributed by atoms with Gasteiger partial charge in [-0.1, -0.05) is 0 Å². The van der Waals surface area contributed by atoms with Crippen molar-refractivity contribution >= 4 is 11.7 Å². The number of rotatable bonds is 4. The van der Waals surface area contributed by atoms with Gasteiger partial charge in [0.05, 0.1) is 23.9 Å². The summed E-state index contributed by atoms with van der Waals surface area (Å²) < 4.78 is 5.61. The second kappa shape index (κ2) is 6.51. The zero-order valence-electron chi connectivity index (χ0n) is 14.1. The topological polar surface area (TPSA) is 127 Å². The van der Waals surface area contributed by atoms with Crippen LogP contribution in [-0.2, 0) is 13.0 Å². The van der Waals surface area contributed by atoms with E-state index in [1.54, 1.807) is 25.5 Å². The highest BCUT2D eigenvalue weighted by molar-refractivity contribution is 6.09. The zero-order chi connectivity index (χ0) is 18.1. The van der Waals surface area contributed by atoms with Gasteiger partial charge in [0, 0.05) is 25.2 Å². The van der Waals surface area contributed by atoms with Crippen molar-refractivity contribution in [1.29, 1.82) is 0 Å². The number of H-pyrrole nitrogens is 1. The van der Waals surface area contributed by atoms with Gasteiger partial charge in [-0.2, -0.15) is 5.10 Å². The maximum absolute atomic E-state index is 12.6. The summed E-state index contributed by atoms with van der Waals surface area (Å²) in [4.78, 5) is 37.1. The van der Waals surface area contributed by atoms with Crippen LogP contribution in [-0.4, -0.2) is 36.8 Å². The van der Waals surface area contributed by atoms with Crippen LogP contribution in [0.3, 0.4) is 0 Å². The fourth-order valence-corrected chi connectivity index (χ4v) is 3.04. The molecule has 0 saturated heterocycles. The molecule has 9 nitrogen and oxygen atoms in total. The lowest BCUT2D eigenvalue weighted by atomic mass is 9.93. The molecule has 0 saturated carbocycles. The number of fused-ring (bicyclic) bond motifs is 1. The lowest BCUT2D eigenvalue weighted by Gasteiger charge is -2.10. The van der Waals surface area contributed by atoms with Crippen molar-refractivity contribution in [2.45, 2.75) is 32.7 Å². The summed E-state index contributed by atoms with van der Waals surface area (Å²) in [6, 6.07) is 0. The smallest absolute Gasteiger partial charge is 0.255 e. The number of nitrogens with zero attached hydrogens (tertiary/aromatic N) is 4. The number of amides is 1. The number of Topliss-reactive ketones (excluding diaryl/α,β-unsaturated/α-hetero) is 1. The Morgan fingerprint density at radius 2 is 2.23 bits per heavy atom. The second-order valence-electron chi connectivity index (χ2n) is 5.99. The Balaban J connectivity index is 1.50. The molecule has 132 valence electrons. The van der Waals surface area contributed by atoms with E-state index in [1.165, 1.54) is 0 Å². The van der Waals surface area contributed by atoms with Crippen molar-refractivity contribution in [2.75, 3.05) is 0 Å². The van der Waals surface area contributed by atoms with E-state index in [1.807, 2.05) is 0 Å². The molecule has 0 fully saturated rings. The molecule has 1 amide bonds. The normalized spacial score (nSPS) is 13.5. The number of hydrogen-bond donors (Lipinski definition) is 2. The van der Waals surface area contributed by atoms with Gasteiger partial charge >= 0.3 is 0 Å². The lowest BCUT2D eigenvalue weighted by molar-refractivity contribution is 0.0925. The molecule has 1 aliphatic rings. The predicted molar refractivity (Wildman–Crippen MR) is 89.3 cm³/mol. The minimum atomic E-state index is -0.361. The summed E-state index contributed by atoms with van der Waals surface area (Å²) in [6.07, 6.45) is 6.54. The lowest BCUT2D eigenvalue weighted by Crippen LogP contribution is -2.26. The molecule has 0 spiro atoms. The molecule has 0 unspecified atom stereocenters. The quantitative estimate of drug-likeness (QED) is 0.730. The molecule has 1 aliphatic carbocycles. The number of hydrogen-bond acceptors (Lipinski definition) is 7. The van der Waals surface area contributed by atoms with Crippen molar-refractivity contribution < 1.29 is 14.0 Å². The minimum absolute atomic E-state index is 0.0437. The summed E-state index contributed by atoms with van der Waals surface area (Å²) >= 11 is 0. The molecule has 0 aliphatic heterocycles. The Labute approximate surface area is 148 Å². The standard InChI is InChI=1S/C17H16N6O3/c1-9-14(15-11(24)3-2-4-12(15)26-9)17(25)20-8-13-21-16(23-22-13)10-7-18-5-6-19-10/h5-7H,2-4,8H2,1H3,(H,20,25)(H,21,22,23). The Bertz CT molecular complexity index is 976. The summed E-state index contributed by atoms with van der Waals surface area (Å²) in [5, 5.41) is 9.58. The molecule has 4 rings (SSSR count). The third kappa shape index (κ3) is 2.87. The average Bonchev–Trinajstić information content (AvgIpc) is 3.25. The highest BCUT2D eigenvalue weighted by Crippen LogP contribution is 2.29. The molecule has 0 atom stereocenters. The summed E-state index contributed by atoms with van der Waals surface area (Å²) in [7, 11) is 0. The van der Waals surface area contributed by atoms with E-state index in [2.05, 4.69) is 30.5 Å². The Morgan fingerprint density at radius 3 is 3.04 bits per heavy atom. The van der Waals surface area contributed by atoms with Crippen LogP contribution >= 0.6 is 0 Å². The minimum Gasteiger partial charge on any atom is -0.465 e. The van der Waals surface area contributed by atoms with Crippen LogP contribution in [0.2, 0.25) is 0 Å². The monoisotopic (exact) mass is 352 g/mol. The predicted octanol–water partition coefficient (Wildman–Crippen LogP) is 1.61. The fraction of sp³-hybridized carbons (Fsp3) is 0.294. The SMILES string of the molecule is Cc1oc2c(c1C(=O)NCc1nc(-c3cnccn3)n[nH]1)C(=O)CCC2. The van der Waals surface area contributed by atoms with Gasteiger partial charge in [0.25, 0.3) is 5.91 Å². The summed E-state index contributed by atoms with van der Waals surface area (Å²) in [5.41, 5.74) is 1.27. The van der Waals surface area contributed by atoms with E-state index in [-0.39, 0.29) is 18.2 Å². The molecule has 3 aromatic heterocycles. The average molecular weight is 352 g/mol. The van der Waals surface area contributed by atoms with Crippen LogP contribution in [0, 0.1) is 6.92 Å². The van der Waals surface area contributed by atoms with Crippen LogP contribution in [0.15, 0.2) is 23.0 Å². The molecule has 9 heteroatoms. The Kier molecular flexibility index (Phi) is 4.04. The molecular weight excluding hydrogens is 336 g/mol. The number of carbonyl (C=O) groups is 2. The summed E-state index contributed by atoms with van der Waals surface area (Å²) in [6.45, 7) is 1.83. The van der Waals surface area contributed by atoms with Gasteiger partial charge < -0.3 is 9.73 Å². The molecular formula is C17H16N6O3. The van der Waals surface area contributed by atoms with E-state index >= 15 is 0 Å². The largest absolute Gasteiger partial charge is 0.465 e. The van der Waals surface area contributed by atoms with Crippen LogP contribution in [0.1, 0.15) is 50.9 Å². The molecule has 0 bridgehead atoms. The molecule has 2 N–H and O–H groups in total. The van der Waals surface area contributed by atoms with Crippen molar-refractivity contribution in [1.82, 2.24) is 30.5 Å². The van der Waals surface area contributed by atoms with Crippen molar-refractivity contribution in [3.8, 4) is 11.5 Å². The Morgan fingerprint density at radius 1 is 1.35 bits per heavy atom. The van der Waals surface area contributed by atoms with E-state index < -0.39 is 0 Å². The van der Waals surface area contributed by atoms with Gasteiger partial charge in [-0.25, -0.2) is 9.97 Å². The number of carbonyl (C=O) groups excluding carboxylic acids is 2. The van der Waals surface area contributed by atoms with Gasteiger partial charge in [0.2, 0.25) is 5.82 Å². The highest BCUT2D eigenvalue weighted by atomic mass is 16.3. The summed E-state index contributed by atoms with van der Waals surface area (Å²) in [5.74, 6) is 1.53. The van der Waals surface area contributed by atoms with Crippen LogP contribution in [0.5, 0.6) is 0 Å². The van der Waals surface area contributed by atoms with E-state index in [0.717, 1.165) is 6.42 Å². The third-order valence-electron chi connectivity index (χ3n) is 4.21. The molecule has 0 aromatic carbocycles. The van der Waals surface area contributed by atoms with Crippen LogP contribution < -0.4 is 5.32 Å². The van der Waals surface area contributed by atoms with Crippen molar-refractivity contribution in [2.24, 2.45) is 0 Å². The first-order chi connectivity index (χ1) is 12.6. The molecule has 0 radical (unpaired) electrons. The van der Waals surface area contributed by atoms with Gasteiger partial charge in [-0.05, 0) is 13.3 Å². The van der Waals surface area contributed by atoms with Crippen LogP contribution in [0.25, 0.3) is 11.5 Å². The second-order valence-corrected chi connectivity index (χ2v) is 5.99. The molecule has 3 aromatic rings. The first kappa shape index (κ1) is 16.1. The number of ketones is 1. The van der Waals surface area contributed by atoms with E-state index in [4.69, 9.17) is 4.42 Å². The molecule has 26 heavy (non-hydrogen) atoms. The zero-order valence-corrected chi connectivity index (χ0v) is 14.1. The Hall–Kier alpha value is -3.36. The number of furan rings is 1. The fourth-order valence-electron chi connectivity index (χ4n) is 3.04.